The van der Waals surface area contributed by atoms with Gasteiger partial charge in [-0.25, -0.2) is 4.39 Å². The van der Waals surface area contributed by atoms with Gasteiger partial charge < -0.3 is 15.5 Å². The SMILES string of the molecule is CN=C(NCc1cccc(CN2CCCC2=O)c1)NCC(C)(C)c1cccc(F)c1. The number of carbonyl (C=O) groups excluding carboxylic acids is 1. The molecule has 2 aromatic rings. The molecule has 0 bridgehead atoms. The number of hydrogen-bond acceptors (Lipinski definition) is 2. The Bertz CT molecular complexity index is 910. The van der Waals surface area contributed by atoms with E-state index in [9.17, 15) is 9.18 Å². The zero-order valence-electron chi connectivity index (χ0n) is 18.0. The van der Waals surface area contributed by atoms with Gasteiger partial charge in [0.15, 0.2) is 5.96 Å². The van der Waals surface area contributed by atoms with Crippen molar-refractivity contribution in [3.8, 4) is 0 Å². The number of rotatable bonds is 7. The topological polar surface area (TPSA) is 56.7 Å². The molecule has 3 rings (SSSR count). The van der Waals surface area contributed by atoms with Crippen LogP contribution in [0.1, 0.15) is 43.4 Å². The van der Waals surface area contributed by atoms with E-state index < -0.39 is 0 Å². The van der Waals surface area contributed by atoms with E-state index in [1.54, 1.807) is 19.2 Å². The molecule has 0 unspecified atom stereocenters. The lowest BCUT2D eigenvalue weighted by molar-refractivity contribution is -0.128. The van der Waals surface area contributed by atoms with Crippen molar-refractivity contribution in [1.82, 2.24) is 15.5 Å². The van der Waals surface area contributed by atoms with E-state index >= 15 is 0 Å². The summed E-state index contributed by atoms with van der Waals surface area (Å²) in [5, 5.41) is 6.68. The summed E-state index contributed by atoms with van der Waals surface area (Å²) in [4.78, 5) is 18.1. The molecule has 30 heavy (non-hydrogen) atoms. The predicted octanol–water partition coefficient (Wildman–Crippen LogP) is 3.59. The highest BCUT2D eigenvalue weighted by Gasteiger charge is 2.22. The number of amides is 1. The zero-order valence-corrected chi connectivity index (χ0v) is 18.0. The van der Waals surface area contributed by atoms with Crippen LogP contribution in [0.5, 0.6) is 0 Å². The van der Waals surface area contributed by atoms with Crippen LogP contribution >= 0.6 is 0 Å². The second-order valence-corrected chi connectivity index (χ2v) is 8.41. The number of nitrogens with zero attached hydrogens (tertiary/aromatic N) is 2. The molecule has 0 atom stereocenters. The van der Waals surface area contributed by atoms with Gasteiger partial charge in [0.1, 0.15) is 5.82 Å². The van der Waals surface area contributed by atoms with Crippen LogP contribution in [0, 0.1) is 5.82 Å². The standard InChI is InChI=1S/C24H31FN4O/c1-24(2,20-9-5-10-21(25)14-20)17-28-23(26-3)27-15-18-7-4-8-19(13-18)16-29-12-6-11-22(29)30/h4-5,7-10,13-14H,6,11-12,15-17H2,1-3H3,(H2,26,27,28). The van der Waals surface area contributed by atoms with Crippen molar-refractivity contribution in [2.75, 3.05) is 20.1 Å². The zero-order chi connectivity index (χ0) is 21.6. The molecule has 1 aliphatic rings. The van der Waals surface area contributed by atoms with Crippen LogP contribution in [-0.2, 0) is 23.3 Å². The molecule has 2 aromatic carbocycles. The first-order valence-corrected chi connectivity index (χ1v) is 10.4. The van der Waals surface area contributed by atoms with Crippen LogP contribution in [-0.4, -0.2) is 36.9 Å². The number of carbonyl (C=O) groups is 1. The minimum atomic E-state index is -0.248. The maximum atomic E-state index is 13.6. The number of hydrogen-bond donors (Lipinski definition) is 2. The van der Waals surface area contributed by atoms with Gasteiger partial charge in [0.05, 0.1) is 0 Å². The molecule has 1 saturated heterocycles. The van der Waals surface area contributed by atoms with Gasteiger partial charge in [-0.2, -0.15) is 0 Å². The number of guanidine groups is 1. The molecule has 0 spiro atoms. The Morgan fingerprint density at radius 2 is 1.90 bits per heavy atom. The summed E-state index contributed by atoms with van der Waals surface area (Å²) in [6, 6.07) is 15.0. The summed E-state index contributed by atoms with van der Waals surface area (Å²) in [5.74, 6) is 0.710. The van der Waals surface area contributed by atoms with E-state index in [0.29, 0.717) is 32.0 Å². The largest absolute Gasteiger partial charge is 0.356 e. The van der Waals surface area contributed by atoms with Crippen molar-refractivity contribution in [3.05, 3.63) is 71.0 Å². The van der Waals surface area contributed by atoms with Gasteiger partial charge in [-0.3, -0.25) is 9.79 Å². The van der Waals surface area contributed by atoms with Gasteiger partial charge in [-0.1, -0.05) is 50.2 Å². The third-order valence-corrected chi connectivity index (χ3v) is 5.52. The molecular formula is C24H31FN4O. The molecule has 1 aliphatic heterocycles. The molecule has 5 nitrogen and oxygen atoms in total. The molecule has 0 aromatic heterocycles. The van der Waals surface area contributed by atoms with Gasteiger partial charge in [0.25, 0.3) is 0 Å². The molecule has 1 amide bonds. The van der Waals surface area contributed by atoms with Crippen molar-refractivity contribution in [1.29, 1.82) is 0 Å². The van der Waals surface area contributed by atoms with E-state index in [0.717, 1.165) is 29.7 Å². The molecule has 1 heterocycles. The summed E-state index contributed by atoms with van der Waals surface area (Å²) in [6.07, 6.45) is 1.61. The van der Waals surface area contributed by atoms with Crippen molar-refractivity contribution >= 4 is 11.9 Å². The van der Waals surface area contributed by atoms with Crippen LogP contribution in [0.4, 0.5) is 4.39 Å². The molecule has 0 aliphatic carbocycles. The second kappa shape index (κ2) is 9.74. The first-order chi connectivity index (χ1) is 14.4. The van der Waals surface area contributed by atoms with E-state index in [-0.39, 0.29) is 17.1 Å². The lowest BCUT2D eigenvalue weighted by atomic mass is 9.84. The van der Waals surface area contributed by atoms with Gasteiger partial charge in [0, 0.05) is 45.1 Å². The Hall–Kier alpha value is -2.89. The Balaban J connectivity index is 1.54. The molecule has 2 N–H and O–H groups in total. The summed E-state index contributed by atoms with van der Waals surface area (Å²) < 4.78 is 13.6. The highest BCUT2D eigenvalue weighted by atomic mass is 19.1. The van der Waals surface area contributed by atoms with Gasteiger partial charge in [-0.15, -0.1) is 0 Å². The predicted molar refractivity (Wildman–Crippen MR) is 119 cm³/mol. The maximum Gasteiger partial charge on any atom is 0.222 e. The number of halogens is 1. The Morgan fingerprint density at radius 3 is 2.60 bits per heavy atom. The number of benzene rings is 2. The normalized spacial score (nSPS) is 14.9. The monoisotopic (exact) mass is 410 g/mol. The van der Waals surface area contributed by atoms with Gasteiger partial charge >= 0.3 is 0 Å². The molecular weight excluding hydrogens is 379 g/mol. The summed E-state index contributed by atoms with van der Waals surface area (Å²) in [7, 11) is 1.74. The third kappa shape index (κ3) is 5.81. The Labute approximate surface area is 178 Å². The van der Waals surface area contributed by atoms with E-state index in [4.69, 9.17) is 0 Å². The van der Waals surface area contributed by atoms with E-state index in [2.05, 4.69) is 47.7 Å². The smallest absolute Gasteiger partial charge is 0.222 e. The number of likely N-dealkylation sites (tertiary alicyclic amines) is 1. The summed E-state index contributed by atoms with van der Waals surface area (Å²) >= 11 is 0. The molecule has 1 fully saturated rings. The maximum absolute atomic E-state index is 13.6. The van der Waals surface area contributed by atoms with E-state index in [1.165, 1.54) is 6.07 Å². The fourth-order valence-corrected chi connectivity index (χ4v) is 3.65. The van der Waals surface area contributed by atoms with Crippen LogP contribution in [0.25, 0.3) is 0 Å². The number of nitrogens with one attached hydrogen (secondary N) is 2. The molecule has 6 heteroatoms. The Morgan fingerprint density at radius 1 is 1.13 bits per heavy atom. The number of aliphatic imine (C=N–C) groups is 1. The van der Waals surface area contributed by atoms with Crippen molar-refractivity contribution in [3.63, 3.8) is 0 Å². The summed E-state index contributed by atoms with van der Waals surface area (Å²) in [6.45, 7) is 6.91. The molecule has 0 saturated carbocycles. The summed E-state index contributed by atoms with van der Waals surface area (Å²) in [5.41, 5.74) is 2.96. The van der Waals surface area contributed by atoms with E-state index in [1.807, 2.05) is 17.0 Å². The lowest BCUT2D eigenvalue weighted by Gasteiger charge is -2.27. The highest BCUT2D eigenvalue weighted by Crippen LogP contribution is 2.22. The van der Waals surface area contributed by atoms with Crippen molar-refractivity contribution in [2.45, 2.75) is 45.2 Å². The third-order valence-electron chi connectivity index (χ3n) is 5.52. The van der Waals surface area contributed by atoms with Crippen molar-refractivity contribution < 1.29 is 9.18 Å². The first-order valence-electron chi connectivity index (χ1n) is 10.4. The molecule has 160 valence electrons. The quantitative estimate of drug-likeness (QED) is 0.542. The second-order valence-electron chi connectivity index (χ2n) is 8.41. The minimum absolute atomic E-state index is 0.224. The van der Waals surface area contributed by atoms with Gasteiger partial charge in [0.2, 0.25) is 5.91 Å². The first kappa shape index (κ1) is 21.8. The Kier molecular flexibility index (Phi) is 7.08. The minimum Gasteiger partial charge on any atom is -0.356 e. The average molecular weight is 411 g/mol. The fraction of sp³-hybridized carbons (Fsp3) is 0.417. The van der Waals surface area contributed by atoms with Crippen LogP contribution < -0.4 is 10.6 Å². The highest BCUT2D eigenvalue weighted by molar-refractivity contribution is 5.79. The lowest BCUT2D eigenvalue weighted by Crippen LogP contribution is -2.43. The van der Waals surface area contributed by atoms with Crippen LogP contribution in [0.15, 0.2) is 53.5 Å². The van der Waals surface area contributed by atoms with Gasteiger partial charge in [-0.05, 0) is 35.2 Å². The molecule has 0 radical (unpaired) electrons. The fourth-order valence-electron chi connectivity index (χ4n) is 3.65. The van der Waals surface area contributed by atoms with Crippen LogP contribution in [0.2, 0.25) is 0 Å². The van der Waals surface area contributed by atoms with Crippen molar-refractivity contribution in [2.24, 2.45) is 4.99 Å². The average Bonchev–Trinajstić information content (AvgIpc) is 3.13. The van der Waals surface area contributed by atoms with Crippen LogP contribution in [0.3, 0.4) is 0 Å².